The summed E-state index contributed by atoms with van der Waals surface area (Å²) in [7, 11) is 0. The molecule has 0 unspecified atom stereocenters. The van der Waals surface area contributed by atoms with Crippen LogP contribution in [0.5, 0.6) is 0 Å². The quantitative estimate of drug-likeness (QED) is 0.796. The molecule has 0 aliphatic carbocycles. The first-order chi connectivity index (χ1) is 8.40. The Bertz CT molecular complexity index is 437. The van der Waals surface area contributed by atoms with Gasteiger partial charge in [-0.15, -0.1) is 0 Å². The van der Waals surface area contributed by atoms with Gasteiger partial charge >= 0.3 is 0 Å². The van der Waals surface area contributed by atoms with Crippen LogP contribution in [0.2, 0.25) is 0 Å². The predicted molar refractivity (Wildman–Crippen MR) is 70.9 cm³/mol. The molecule has 0 aliphatic rings. The van der Waals surface area contributed by atoms with Crippen molar-refractivity contribution in [2.24, 2.45) is 0 Å². The smallest absolute Gasteiger partial charge is 0.222 e. The Balaban J connectivity index is 2.03. The Morgan fingerprint density at radius 1 is 1.00 bits per heavy atom. The fraction of sp³-hybridized carbons (Fsp3) is 0.286. The highest BCUT2D eigenvalue weighted by Crippen LogP contribution is 2.16. The third-order valence-electron chi connectivity index (χ3n) is 2.57. The molecule has 0 bridgehead atoms. The molecule has 3 nitrogen and oxygen atoms in total. The zero-order chi connectivity index (χ0) is 11.9. The summed E-state index contributed by atoms with van der Waals surface area (Å²) in [5, 5.41) is 3.20. The molecule has 0 atom stereocenters. The molecular formula is C14H17N3. The Hall–Kier alpha value is -1.90. The first-order valence-corrected chi connectivity index (χ1v) is 6.01. The van der Waals surface area contributed by atoms with Crippen LogP contribution in [-0.4, -0.2) is 16.5 Å². The SMILES string of the molecule is CCCCNc1ncc(-c2ccccc2)cn1. The Morgan fingerprint density at radius 2 is 1.71 bits per heavy atom. The number of nitrogens with zero attached hydrogens (tertiary/aromatic N) is 2. The first-order valence-electron chi connectivity index (χ1n) is 6.01. The van der Waals surface area contributed by atoms with Crippen LogP contribution in [-0.2, 0) is 0 Å². The third-order valence-corrected chi connectivity index (χ3v) is 2.57. The Morgan fingerprint density at radius 3 is 2.35 bits per heavy atom. The van der Waals surface area contributed by atoms with Crippen LogP contribution in [0.1, 0.15) is 19.8 Å². The molecule has 0 spiro atoms. The average molecular weight is 227 g/mol. The van der Waals surface area contributed by atoms with Gasteiger partial charge in [-0.05, 0) is 12.0 Å². The van der Waals surface area contributed by atoms with E-state index in [1.54, 1.807) is 0 Å². The van der Waals surface area contributed by atoms with E-state index in [2.05, 4.69) is 34.3 Å². The van der Waals surface area contributed by atoms with Gasteiger partial charge in [-0.2, -0.15) is 0 Å². The van der Waals surface area contributed by atoms with Crippen LogP contribution in [0.4, 0.5) is 5.95 Å². The Labute approximate surface area is 102 Å². The topological polar surface area (TPSA) is 37.8 Å². The molecular weight excluding hydrogens is 210 g/mol. The molecule has 1 aromatic carbocycles. The van der Waals surface area contributed by atoms with E-state index >= 15 is 0 Å². The highest BCUT2D eigenvalue weighted by Gasteiger charge is 1.98. The molecule has 0 saturated heterocycles. The number of hydrogen-bond donors (Lipinski definition) is 1. The van der Waals surface area contributed by atoms with Gasteiger partial charge in [0.15, 0.2) is 0 Å². The highest BCUT2D eigenvalue weighted by molar-refractivity contribution is 5.61. The number of hydrogen-bond acceptors (Lipinski definition) is 3. The van der Waals surface area contributed by atoms with Crippen molar-refractivity contribution in [2.75, 3.05) is 11.9 Å². The number of benzene rings is 1. The summed E-state index contributed by atoms with van der Waals surface area (Å²) < 4.78 is 0. The molecule has 2 aromatic rings. The maximum atomic E-state index is 4.30. The summed E-state index contributed by atoms with van der Waals surface area (Å²) in [5.74, 6) is 0.707. The molecule has 2 rings (SSSR count). The largest absolute Gasteiger partial charge is 0.354 e. The molecule has 1 heterocycles. The highest BCUT2D eigenvalue weighted by atomic mass is 15.1. The molecule has 17 heavy (non-hydrogen) atoms. The van der Waals surface area contributed by atoms with Crippen molar-refractivity contribution >= 4 is 5.95 Å². The van der Waals surface area contributed by atoms with E-state index in [-0.39, 0.29) is 0 Å². The van der Waals surface area contributed by atoms with Crippen molar-refractivity contribution in [3.63, 3.8) is 0 Å². The maximum absolute atomic E-state index is 4.30. The zero-order valence-electron chi connectivity index (χ0n) is 10.1. The van der Waals surface area contributed by atoms with Crippen LogP contribution in [0.25, 0.3) is 11.1 Å². The van der Waals surface area contributed by atoms with Gasteiger partial charge in [-0.3, -0.25) is 0 Å². The third kappa shape index (κ3) is 3.28. The van der Waals surface area contributed by atoms with Crippen molar-refractivity contribution in [2.45, 2.75) is 19.8 Å². The van der Waals surface area contributed by atoms with Crippen LogP contribution >= 0.6 is 0 Å². The lowest BCUT2D eigenvalue weighted by Crippen LogP contribution is -2.04. The lowest BCUT2D eigenvalue weighted by Gasteiger charge is -2.04. The van der Waals surface area contributed by atoms with Gasteiger partial charge in [0.05, 0.1) is 0 Å². The van der Waals surface area contributed by atoms with E-state index in [1.807, 2.05) is 30.6 Å². The summed E-state index contributed by atoms with van der Waals surface area (Å²) in [6.45, 7) is 3.10. The van der Waals surface area contributed by atoms with Crippen LogP contribution < -0.4 is 5.32 Å². The van der Waals surface area contributed by atoms with Crippen LogP contribution in [0, 0.1) is 0 Å². The second-order valence-electron chi connectivity index (χ2n) is 3.94. The van der Waals surface area contributed by atoms with Gasteiger partial charge in [0.2, 0.25) is 5.95 Å². The fourth-order valence-corrected chi connectivity index (χ4v) is 1.58. The van der Waals surface area contributed by atoms with Crippen molar-refractivity contribution < 1.29 is 0 Å². The minimum Gasteiger partial charge on any atom is -0.354 e. The zero-order valence-corrected chi connectivity index (χ0v) is 10.1. The maximum Gasteiger partial charge on any atom is 0.222 e. The minimum atomic E-state index is 0.707. The summed E-state index contributed by atoms with van der Waals surface area (Å²) >= 11 is 0. The molecule has 0 radical (unpaired) electrons. The van der Waals surface area contributed by atoms with Crippen molar-refractivity contribution in [3.8, 4) is 11.1 Å². The number of rotatable bonds is 5. The molecule has 88 valence electrons. The van der Waals surface area contributed by atoms with Crippen molar-refractivity contribution in [3.05, 3.63) is 42.7 Å². The molecule has 1 N–H and O–H groups in total. The molecule has 0 fully saturated rings. The van der Waals surface area contributed by atoms with Gasteiger partial charge in [-0.1, -0.05) is 43.7 Å². The lowest BCUT2D eigenvalue weighted by molar-refractivity contribution is 0.826. The molecule has 0 aliphatic heterocycles. The average Bonchev–Trinajstić information content (AvgIpc) is 2.41. The summed E-state index contributed by atoms with van der Waals surface area (Å²) in [6.07, 6.45) is 6.03. The summed E-state index contributed by atoms with van der Waals surface area (Å²) in [6, 6.07) is 10.2. The second kappa shape index (κ2) is 5.99. The normalized spacial score (nSPS) is 10.2. The van der Waals surface area contributed by atoms with E-state index in [4.69, 9.17) is 0 Å². The lowest BCUT2D eigenvalue weighted by atomic mass is 10.1. The molecule has 0 saturated carbocycles. The van der Waals surface area contributed by atoms with Gasteiger partial charge in [0, 0.05) is 24.5 Å². The monoisotopic (exact) mass is 227 g/mol. The number of nitrogens with one attached hydrogen (secondary N) is 1. The van der Waals surface area contributed by atoms with E-state index in [9.17, 15) is 0 Å². The fourth-order valence-electron chi connectivity index (χ4n) is 1.58. The van der Waals surface area contributed by atoms with Gasteiger partial charge < -0.3 is 5.32 Å². The van der Waals surface area contributed by atoms with E-state index in [0.29, 0.717) is 5.95 Å². The van der Waals surface area contributed by atoms with Crippen molar-refractivity contribution in [1.82, 2.24) is 9.97 Å². The van der Waals surface area contributed by atoms with Gasteiger partial charge in [0.1, 0.15) is 0 Å². The number of anilines is 1. The van der Waals surface area contributed by atoms with Crippen molar-refractivity contribution in [1.29, 1.82) is 0 Å². The minimum absolute atomic E-state index is 0.707. The first kappa shape index (κ1) is 11.6. The summed E-state index contributed by atoms with van der Waals surface area (Å²) in [5.41, 5.74) is 2.19. The standard InChI is InChI=1S/C14H17N3/c1-2-3-9-15-14-16-10-13(11-17-14)12-7-5-4-6-8-12/h4-8,10-11H,2-3,9H2,1H3,(H,15,16,17). The van der Waals surface area contributed by atoms with Crippen LogP contribution in [0.15, 0.2) is 42.7 Å². The molecule has 1 aromatic heterocycles. The van der Waals surface area contributed by atoms with E-state index < -0.39 is 0 Å². The number of aromatic nitrogens is 2. The second-order valence-corrected chi connectivity index (χ2v) is 3.94. The van der Waals surface area contributed by atoms with Gasteiger partial charge in [-0.25, -0.2) is 9.97 Å². The molecule has 0 amide bonds. The van der Waals surface area contributed by atoms with E-state index in [1.165, 1.54) is 6.42 Å². The predicted octanol–water partition coefficient (Wildman–Crippen LogP) is 3.36. The Kier molecular flexibility index (Phi) is 4.08. The van der Waals surface area contributed by atoms with Crippen LogP contribution in [0.3, 0.4) is 0 Å². The van der Waals surface area contributed by atoms with Gasteiger partial charge in [0.25, 0.3) is 0 Å². The number of unbranched alkanes of at least 4 members (excludes halogenated alkanes) is 1. The van der Waals surface area contributed by atoms with E-state index in [0.717, 1.165) is 24.1 Å². The molecule has 3 heteroatoms. The summed E-state index contributed by atoms with van der Waals surface area (Å²) in [4.78, 5) is 8.61.